The van der Waals surface area contributed by atoms with Crippen LogP contribution >= 0.6 is 11.3 Å². The number of hydrogen-bond acceptors (Lipinski definition) is 5. The van der Waals surface area contributed by atoms with Crippen molar-refractivity contribution < 1.29 is 14.2 Å². The first-order valence-electron chi connectivity index (χ1n) is 7.62. The first-order valence-corrected chi connectivity index (χ1v) is 8.43. The van der Waals surface area contributed by atoms with Crippen molar-refractivity contribution in [1.29, 1.82) is 0 Å². The molecule has 3 rings (SSSR count). The van der Waals surface area contributed by atoms with E-state index in [0.717, 1.165) is 26.5 Å². The Labute approximate surface area is 144 Å². The third-order valence-electron chi connectivity index (χ3n) is 3.61. The van der Waals surface area contributed by atoms with Gasteiger partial charge in [-0.3, -0.25) is 0 Å². The topological polar surface area (TPSA) is 45.6 Å². The molecule has 0 amide bonds. The van der Waals surface area contributed by atoms with E-state index in [0.29, 0.717) is 5.75 Å². The number of nitrogens with zero attached hydrogens (tertiary/aromatic N) is 2. The van der Waals surface area contributed by atoms with E-state index in [2.05, 4.69) is 34.1 Å². The van der Waals surface area contributed by atoms with Gasteiger partial charge < -0.3 is 14.7 Å². The molecule has 0 aliphatic heterocycles. The average molecular weight is 346 g/mol. The maximum atomic E-state index is 12.3. The van der Waals surface area contributed by atoms with Gasteiger partial charge in [0.05, 0.1) is 10.2 Å². The lowest BCUT2D eigenvalue weighted by atomic mass is 10.2. The second kappa shape index (κ2) is 7.15. The number of aromatic nitrogens is 1. The van der Waals surface area contributed by atoms with Crippen molar-refractivity contribution in [3.8, 4) is 16.3 Å². The van der Waals surface area contributed by atoms with Crippen molar-refractivity contribution in [3.63, 3.8) is 0 Å². The quantitative estimate of drug-likeness (QED) is 0.739. The molecule has 6 heteroatoms. The highest BCUT2D eigenvalue weighted by Gasteiger charge is 2.09. The molecule has 0 saturated carbocycles. The molecule has 0 aliphatic rings. The summed E-state index contributed by atoms with van der Waals surface area (Å²) in [6, 6.07) is 13.8. The minimum Gasteiger partial charge on any atom is -0.491 e. The molecule has 3 aromatic rings. The number of ether oxygens (including phenoxy) is 1. The molecule has 1 aromatic heterocycles. The number of benzene rings is 2. The molecule has 126 valence electrons. The van der Waals surface area contributed by atoms with Crippen LogP contribution in [-0.2, 0) is 0 Å². The number of rotatable bonds is 6. The van der Waals surface area contributed by atoms with Gasteiger partial charge in [-0.15, -0.1) is 11.3 Å². The third kappa shape index (κ3) is 3.66. The average Bonchev–Trinajstić information content (AvgIpc) is 3.03. The van der Waals surface area contributed by atoms with Crippen molar-refractivity contribution in [1.82, 2.24) is 4.98 Å². The van der Waals surface area contributed by atoms with E-state index in [-0.39, 0.29) is 6.61 Å². The Morgan fingerprint density at radius 1 is 1.21 bits per heavy atom. The maximum absolute atomic E-state index is 12.3. The first kappa shape index (κ1) is 16.7. The van der Waals surface area contributed by atoms with Crippen LogP contribution in [-0.4, -0.2) is 43.6 Å². The minimum absolute atomic E-state index is 0.0559. The number of aliphatic hydroxyl groups excluding tert-OH is 1. The van der Waals surface area contributed by atoms with Gasteiger partial charge in [-0.1, -0.05) is 0 Å². The Balaban J connectivity index is 1.83. The van der Waals surface area contributed by atoms with Gasteiger partial charge in [0, 0.05) is 25.3 Å². The van der Waals surface area contributed by atoms with Crippen LogP contribution in [0, 0.1) is 0 Å². The van der Waals surface area contributed by atoms with E-state index >= 15 is 0 Å². The fourth-order valence-corrected chi connectivity index (χ4v) is 3.26. The van der Waals surface area contributed by atoms with Crippen LogP contribution < -0.4 is 9.64 Å². The zero-order valence-electron chi connectivity index (χ0n) is 13.6. The summed E-state index contributed by atoms with van der Waals surface area (Å²) in [6.07, 6.45) is -1.09. The summed E-state index contributed by atoms with van der Waals surface area (Å²) in [7, 11) is 4.02. The fourth-order valence-electron chi connectivity index (χ4n) is 2.26. The van der Waals surface area contributed by atoms with Gasteiger partial charge in [0.2, 0.25) is 0 Å². The lowest BCUT2D eigenvalue weighted by molar-refractivity contribution is 0.0842. The molecule has 24 heavy (non-hydrogen) atoms. The van der Waals surface area contributed by atoms with Gasteiger partial charge in [-0.2, -0.15) is 0 Å². The van der Waals surface area contributed by atoms with Gasteiger partial charge in [0.15, 0.2) is 0 Å². The van der Waals surface area contributed by atoms with Crippen molar-refractivity contribution in [2.45, 2.75) is 6.10 Å². The number of thiazole rings is 1. The van der Waals surface area contributed by atoms with Gasteiger partial charge in [0.1, 0.15) is 30.1 Å². The molecule has 1 N–H and O–H groups in total. The second-order valence-electron chi connectivity index (χ2n) is 5.71. The van der Waals surface area contributed by atoms with E-state index in [4.69, 9.17) is 4.74 Å². The van der Waals surface area contributed by atoms with Gasteiger partial charge in [-0.05, 0) is 42.5 Å². The molecule has 0 saturated heterocycles. The predicted molar refractivity (Wildman–Crippen MR) is 96.9 cm³/mol. The van der Waals surface area contributed by atoms with Crippen LogP contribution in [0.5, 0.6) is 5.75 Å². The van der Waals surface area contributed by atoms with E-state index in [1.54, 1.807) is 17.4 Å². The molecule has 1 heterocycles. The van der Waals surface area contributed by atoms with Gasteiger partial charge in [0.25, 0.3) is 0 Å². The monoisotopic (exact) mass is 346 g/mol. The van der Waals surface area contributed by atoms with Crippen molar-refractivity contribution in [3.05, 3.63) is 42.5 Å². The van der Waals surface area contributed by atoms with Crippen molar-refractivity contribution in [2.24, 2.45) is 0 Å². The van der Waals surface area contributed by atoms with Crippen LogP contribution in [0.25, 0.3) is 20.8 Å². The first-order chi connectivity index (χ1) is 11.6. The minimum atomic E-state index is -1.09. The number of halogens is 1. The molecule has 2 aromatic carbocycles. The third-order valence-corrected chi connectivity index (χ3v) is 4.68. The zero-order valence-corrected chi connectivity index (χ0v) is 14.4. The predicted octanol–water partition coefficient (Wildman–Crippen LogP) is 3.74. The second-order valence-corrected chi connectivity index (χ2v) is 6.74. The Kier molecular flexibility index (Phi) is 4.97. The van der Waals surface area contributed by atoms with Gasteiger partial charge in [-0.25, -0.2) is 9.37 Å². The summed E-state index contributed by atoms with van der Waals surface area (Å²) in [5.41, 5.74) is 3.10. The summed E-state index contributed by atoms with van der Waals surface area (Å²) in [5, 5.41) is 10.2. The fraction of sp³-hybridized carbons (Fsp3) is 0.278. The van der Waals surface area contributed by atoms with E-state index in [1.165, 1.54) is 0 Å². The summed E-state index contributed by atoms with van der Waals surface area (Å²) >= 11 is 1.58. The molecule has 0 bridgehead atoms. The van der Waals surface area contributed by atoms with Gasteiger partial charge >= 0.3 is 0 Å². The summed E-state index contributed by atoms with van der Waals surface area (Å²) in [5.74, 6) is 0.605. The molecular formula is C18H19FN2O2S. The largest absolute Gasteiger partial charge is 0.491 e. The van der Waals surface area contributed by atoms with E-state index in [1.807, 2.05) is 26.2 Å². The molecule has 0 unspecified atom stereocenters. The van der Waals surface area contributed by atoms with Crippen LogP contribution in [0.2, 0.25) is 0 Å². The lowest BCUT2D eigenvalue weighted by Gasteiger charge is -2.11. The summed E-state index contributed by atoms with van der Waals surface area (Å²) in [4.78, 5) is 6.70. The van der Waals surface area contributed by atoms with Crippen molar-refractivity contribution in [2.75, 3.05) is 32.3 Å². The highest BCUT2D eigenvalue weighted by atomic mass is 32.1. The summed E-state index contributed by atoms with van der Waals surface area (Å²) in [6.45, 7) is -0.866. The zero-order chi connectivity index (χ0) is 17.1. The van der Waals surface area contributed by atoms with Crippen molar-refractivity contribution >= 4 is 27.2 Å². The number of fused-ring (bicyclic) bond motifs is 1. The Bertz CT molecular complexity index is 818. The normalized spacial score (nSPS) is 12.3. The molecular weight excluding hydrogens is 327 g/mol. The standard InChI is InChI=1S/C18H19FN2O2S/c1-21(2)13-5-3-12(4-6-13)18-20-16-8-7-15(9-17(16)24-18)23-11-14(22)10-19/h3-9,14,22H,10-11H2,1-2H3/t14-/m1/s1. The Morgan fingerprint density at radius 2 is 1.96 bits per heavy atom. The Morgan fingerprint density at radius 3 is 2.62 bits per heavy atom. The molecule has 1 atom stereocenters. The van der Waals surface area contributed by atoms with Crippen LogP contribution in [0.15, 0.2) is 42.5 Å². The number of aliphatic hydroxyl groups is 1. The number of hydrogen-bond donors (Lipinski definition) is 1. The SMILES string of the molecule is CN(C)c1ccc(-c2nc3ccc(OC[C@H](O)CF)cc3s2)cc1. The smallest absolute Gasteiger partial charge is 0.124 e. The lowest BCUT2D eigenvalue weighted by Crippen LogP contribution is -2.19. The highest BCUT2D eigenvalue weighted by molar-refractivity contribution is 7.21. The van der Waals surface area contributed by atoms with Crippen LogP contribution in [0.4, 0.5) is 10.1 Å². The number of anilines is 1. The van der Waals surface area contributed by atoms with Crippen LogP contribution in [0.3, 0.4) is 0 Å². The number of alkyl halides is 1. The molecule has 0 fully saturated rings. The highest BCUT2D eigenvalue weighted by Crippen LogP contribution is 2.33. The molecule has 4 nitrogen and oxygen atoms in total. The Hall–Kier alpha value is -2.18. The molecule has 0 spiro atoms. The van der Waals surface area contributed by atoms with Crippen LogP contribution in [0.1, 0.15) is 0 Å². The summed E-state index contributed by atoms with van der Waals surface area (Å²) < 4.78 is 18.7. The van der Waals surface area contributed by atoms with E-state index in [9.17, 15) is 9.50 Å². The maximum Gasteiger partial charge on any atom is 0.124 e. The molecule has 0 radical (unpaired) electrons. The molecule has 0 aliphatic carbocycles. The van der Waals surface area contributed by atoms with E-state index < -0.39 is 12.8 Å².